The van der Waals surface area contributed by atoms with Crippen LogP contribution in [0.15, 0.2) is 0 Å². The summed E-state index contributed by atoms with van der Waals surface area (Å²) in [7, 11) is 5.12. The molecule has 2 heteroatoms. The van der Waals surface area contributed by atoms with Gasteiger partial charge in [-0.25, -0.2) is 0 Å². The lowest BCUT2D eigenvalue weighted by Gasteiger charge is -2.25. The van der Waals surface area contributed by atoms with Crippen molar-refractivity contribution in [3.63, 3.8) is 0 Å². The van der Waals surface area contributed by atoms with Gasteiger partial charge in [-0.15, -0.1) is 0 Å². The van der Waals surface area contributed by atoms with Crippen molar-refractivity contribution in [3.05, 3.63) is 0 Å². The molecule has 1 saturated carbocycles. The van der Waals surface area contributed by atoms with E-state index in [2.05, 4.69) is 35.0 Å². The van der Waals surface area contributed by atoms with E-state index in [1.807, 2.05) is 0 Å². The molecule has 2 atom stereocenters. The Labute approximate surface area is 130 Å². The van der Waals surface area contributed by atoms with Crippen LogP contribution in [0.3, 0.4) is 0 Å². The van der Waals surface area contributed by atoms with Crippen molar-refractivity contribution < 1.29 is 0 Å². The predicted octanol–water partition coefficient (Wildman–Crippen LogP) is 6.19. The number of hydrogen-bond acceptors (Lipinski definition) is 1. The van der Waals surface area contributed by atoms with Crippen molar-refractivity contribution in [1.82, 2.24) is 4.67 Å². The van der Waals surface area contributed by atoms with Crippen LogP contribution in [-0.4, -0.2) is 17.8 Å². The minimum atomic E-state index is 0.580. The average molecular weight is 299 g/mol. The van der Waals surface area contributed by atoms with Crippen LogP contribution >= 0.6 is 9.39 Å². The van der Waals surface area contributed by atoms with Crippen LogP contribution in [0.5, 0.6) is 0 Å². The lowest BCUT2D eigenvalue weighted by molar-refractivity contribution is 0.280. The first-order chi connectivity index (χ1) is 9.51. The van der Waals surface area contributed by atoms with Gasteiger partial charge in [0.05, 0.1) is 0 Å². The van der Waals surface area contributed by atoms with Gasteiger partial charge in [-0.3, -0.25) is 4.67 Å². The maximum Gasteiger partial charge on any atom is 0.0126 e. The molecule has 1 nitrogen and oxygen atoms in total. The SMILES string of the molecule is CN(P)C1CCCCCCCCC(C)(C)CCCCC1. The Bertz CT molecular complexity index is 238. The summed E-state index contributed by atoms with van der Waals surface area (Å²) in [6.07, 6.45) is 18.6. The van der Waals surface area contributed by atoms with E-state index in [-0.39, 0.29) is 0 Å². The standard InChI is InChI=1S/C18H38NP/c1-18(2)15-11-7-5-4-6-9-13-17(19(3)20)14-10-8-12-16-18/h17H,4-16,20H2,1-3H3. The van der Waals surface area contributed by atoms with Gasteiger partial charge in [0.25, 0.3) is 0 Å². The van der Waals surface area contributed by atoms with Crippen LogP contribution < -0.4 is 0 Å². The highest BCUT2D eigenvalue weighted by Gasteiger charge is 2.17. The highest BCUT2D eigenvalue weighted by atomic mass is 31.0. The van der Waals surface area contributed by atoms with E-state index >= 15 is 0 Å². The van der Waals surface area contributed by atoms with Crippen LogP contribution in [0.1, 0.15) is 97.3 Å². The lowest BCUT2D eigenvalue weighted by atomic mass is 9.82. The topological polar surface area (TPSA) is 3.24 Å². The molecule has 0 aromatic rings. The molecule has 0 amide bonds. The van der Waals surface area contributed by atoms with E-state index in [0.29, 0.717) is 5.41 Å². The van der Waals surface area contributed by atoms with Gasteiger partial charge in [0.15, 0.2) is 0 Å². The van der Waals surface area contributed by atoms with Crippen LogP contribution in [0.2, 0.25) is 0 Å². The van der Waals surface area contributed by atoms with E-state index in [1.165, 1.54) is 83.5 Å². The molecular formula is C18H38NP. The summed E-state index contributed by atoms with van der Waals surface area (Å²) in [5.41, 5.74) is 0.580. The minimum absolute atomic E-state index is 0.580. The highest BCUT2D eigenvalue weighted by molar-refractivity contribution is 7.13. The summed E-state index contributed by atoms with van der Waals surface area (Å²) in [6, 6.07) is 0.790. The van der Waals surface area contributed by atoms with Gasteiger partial charge in [0.2, 0.25) is 0 Å². The smallest absolute Gasteiger partial charge is 0.0126 e. The Morgan fingerprint density at radius 1 is 0.750 bits per heavy atom. The van der Waals surface area contributed by atoms with E-state index in [4.69, 9.17) is 0 Å². The zero-order chi connectivity index (χ0) is 14.8. The lowest BCUT2D eigenvalue weighted by Crippen LogP contribution is -2.22. The van der Waals surface area contributed by atoms with Gasteiger partial charge >= 0.3 is 0 Å². The van der Waals surface area contributed by atoms with E-state index in [0.717, 1.165) is 6.04 Å². The summed E-state index contributed by atoms with van der Waals surface area (Å²) in [5.74, 6) is 0. The molecule has 0 aliphatic heterocycles. The van der Waals surface area contributed by atoms with Crippen molar-refractivity contribution >= 4 is 9.39 Å². The summed E-state index contributed by atoms with van der Waals surface area (Å²) in [4.78, 5) is 0. The van der Waals surface area contributed by atoms with Crippen molar-refractivity contribution in [2.24, 2.45) is 5.41 Å². The third-order valence-electron chi connectivity index (χ3n) is 5.11. The Kier molecular flexibility index (Phi) is 9.38. The van der Waals surface area contributed by atoms with Gasteiger partial charge in [0.1, 0.15) is 0 Å². The first-order valence-corrected chi connectivity index (χ1v) is 9.50. The molecule has 20 heavy (non-hydrogen) atoms. The molecular weight excluding hydrogens is 261 g/mol. The van der Waals surface area contributed by atoms with Crippen LogP contribution in [0.4, 0.5) is 0 Å². The van der Waals surface area contributed by atoms with Crippen LogP contribution in [-0.2, 0) is 0 Å². The number of rotatable bonds is 1. The Balaban J connectivity index is 2.39. The Morgan fingerprint density at radius 3 is 1.65 bits per heavy atom. The van der Waals surface area contributed by atoms with Crippen molar-refractivity contribution in [2.45, 2.75) is 103 Å². The van der Waals surface area contributed by atoms with Gasteiger partial charge in [-0.2, -0.15) is 0 Å². The summed E-state index contributed by atoms with van der Waals surface area (Å²) in [6.45, 7) is 4.95. The van der Waals surface area contributed by atoms with Crippen molar-refractivity contribution in [2.75, 3.05) is 7.05 Å². The van der Waals surface area contributed by atoms with Crippen LogP contribution in [0.25, 0.3) is 0 Å². The van der Waals surface area contributed by atoms with Crippen LogP contribution in [0, 0.1) is 5.41 Å². The quantitative estimate of drug-likeness (QED) is 0.522. The molecule has 1 aliphatic rings. The third-order valence-corrected chi connectivity index (χ3v) is 5.53. The molecule has 1 rings (SSSR count). The summed E-state index contributed by atoms with van der Waals surface area (Å²) < 4.78 is 2.38. The maximum absolute atomic E-state index is 2.89. The zero-order valence-corrected chi connectivity index (χ0v) is 15.4. The first kappa shape index (κ1) is 18.4. The van der Waals surface area contributed by atoms with Gasteiger partial charge in [-0.1, -0.05) is 81.0 Å². The molecule has 2 unspecified atom stereocenters. The molecule has 0 aromatic carbocycles. The fourth-order valence-corrected chi connectivity index (χ4v) is 3.83. The molecule has 0 N–H and O–H groups in total. The molecule has 120 valence electrons. The molecule has 0 spiro atoms. The van der Waals surface area contributed by atoms with Crippen molar-refractivity contribution in [3.8, 4) is 0 Å². The summed E-state index contributed by atoms with van der Waals surface area (Å²) >= 11 is 0. The van der Waals surface area contributed by atoms with Gasteiger partial charge < -0.3 is 0 Å². The first-order valence-electron chi connectivity index (χ1n) is 8.99. The second-order valence-electron chi connectivity index (χ2n) is 7.74. The zero-order valence-electron chi connectivity index (χ0n) is 14.3. The predicted molar refractivity (Wildman–Crippen MR) is 95.1 cm³/mol. The maximum atomic E-state index is 2.89. The fourth-order valence-electron chi connectivity index (χ4n) is 3.53. The van der Waals surface area contributed by atoms with E-state index < -0.39 is 0 Å². The van der Waals surface area contributed by atoms with E-state index in [9.17, 15) is 0 Å². The highest BCUT2D eigenvalue weighted by Crippen LogP contribution is 2.31. The number of nitrogens with zero attached hydrogens (tertiary/aromatic N) is 1. The van der Waals surface area contributed by atoms with E-state index in [1.54, 1.807) is 0 Å². The second-order valence-corrected chi connectivity index (χ2v) is 8.56. The van der Waals surface area contributed by atoms with Gasteiger partial charge in [0, 0.05) is 6.04 Å². The normalized spacial score (nSPS) is 27.8. The molecule has 0 aromatic heterocycles. The number of hydrogen-bond donors (Lipinski definition) is 0. The fraction of sp³-hybridized carbons (Fsp3) is 1.00. The molecule has 1 aliphatic carbocycles. The average Bonchev–Trinajstić information content (AvgIpc) is 2.38. The van der Waals surface area contributed by atoms with Crippen molar-refractivity contribution in [1.29, 1.82) is 0 Å². The van der Waals surface area contributed by atoms with Gasteiger partial charge in [-0.05, 0) is 38.1 Å². The Hall–Kier alpha value is 0.390. The second kappa shape index (κ2) is 10.2. The molecule has 1 fully saturated rings. The molecule has 0 heterocycles. The molecule has 0 radical (unpaired) electrons. The molecule has 0 saturated heterocycles. The molecule has 0 bridgehead atoms. The largest absolute Gasteiger partial charge is 0.287 e. The third kappa shape index (κ3) is 8.63. The minimum Gasteiger partial charge on any atom is -0.287 e. The monoisotopic (exact) mass is 299 g/mol. The Morgan fingerprint density at radius 2 is 1.15 bits per heavy atom. The summed E-state index contributed by atoms with van der Waals surface area (Å²) in [5, 5.41) is 0.